The van der Waals surface area contributed by atoms with Crippen molar-refractivity contribution in [2.45, 2.75) is 19.9 Å². The van der Waals surface area contributed by atoms with Gasteiger partial charge >= 0.3 is 0 Å². The fourth-order valence-electron chi connectivity index (χ4n) is 2.43. The molecule has 3 rings (SSSR count). The van der Waals surface area contributed by atoms with Crippen molar-refractivity contribution in [1.82, 2.24) is 19.1 Å². The molecule has 1 N–H and O–H groups in total. The van der Waals surface area contributed by atoms with E-state index in [2.05, 4.69) is 15.4 Å². The second kappa shape index (κ2) is 6.65. The van der Waals surface area contributed by atoms with Gasteiger partial charge in [0.1, 0.15) is 5.69 Å². The van der Waals surface area contributed by atoms with E-state index in [-0.39, 0.29) is 23.6 Å². The van der Waals surface area contributed by atoms with Crippen LogP contribution in [-0.4, -0.2) is 45.7 Å². The average molecular weight is 383 g/mol. The van der Waals surface area contributed by atoms with Crippen LogP contribution < -0.4 is 10.9 Å². The lowest BCUT2D eigenvalue weighted by Gasteiger charge is -2.24. The van der Waals surface area contributed by atoms with Crippen LogP contribution >= 0.6 is 11.3 Å². The first-order chi connectivity index (χ1) is 11.8. The third-order valence-electron chi connectivity index (χ3n) is 3.87. The molecule has 0 unspecified atom stereocenters. The maximum Gasteiger partial charge on any atom is 0.277 e. The molecule has 0 aliphatic carbocycles. The molecule has 11 heteroatoms. The van der Waals surface area contributed by atoms with Crippen molar-refractivity contribution in [3.8, 4) is 0 Å². The fraction of sp³-hybridized carbons (Fsp3) is 0.429. The number of fused-ring (bicyclic) bond motifs is 1. The van der Waals surface area contributed by atoms with Crippen LogP contribution in [0.3, 0.4) is 0 Å². The lowest BCUT2D eigenvalue weighted by Crippen LogP contribution is -2.36. The second-order valence-corrected chi connectivity index (χ2v) is 8.85. The van der Waals surface area contributed by atoms with Crippen LogP contribution in [-0.2, 0) is 30.0 Å². The van der Waals surface area contributed by atoms with Crippen LogP contribution in [0.25, 0.3) is 0 Å². The number of carbonyl (C=O) groups is 1. The number of rotatable bonds is 4. The molecule has 0 spiro atoms. The van der Waals surface area contributed by atoms with Crippen molar-refractivity contribution in [3.63, 3.8) is 0 Å². The zero-order chi connectivity index (χ0) is 18.2. The SMILES string of the molecule is CCS(=O)(=O)N1CCc2nc(NC(=O)c3ccc(=O)n(C)n3)sc2C1. The van der Waals surface area contributed by atoms with E-state index in [0.29, 0.717) is 18.1 Å². The minimum absolute atomic E-state index is 0.0587. The molecular weight excluding hydrogens is 366 g/mol. The van der Waals surface area contributed by atoms with Gasteiger partial charge in [-0.1, -0.05) is 0 Å². The van der Waals surface area contributed by atoms with E-state index >= 15 is 0 Å². The molecule has 2 aromatic heterocycles. The van der Waals surface area contributed by atoms with Gasteiger partial charge in [0.25, 0.3) is 11.5 Å². The Labute approximate surface area is 148 Å². The summed E-state index contributed by atoms with van der Waals surface area (Å²) in [6.45, 7) is 2.28. The number of nitrogens with one attached hydrogen (secondary N) is 1. The lowest BCUT2D eigenvalue weighted by molar-refractivity contribution is 0.102. The van der Waals surface area contributed by atoms with Gasteiger partial charge in [0.2, 0.25) is 10.0 Å². The normalized spacial score (nSPS) is 15.0. The average Bonchev–Trinajstić information content (AvgIpc) is 2.98. The molecule has 1 amide bonds. The molecule has 0 saturated heterocycles. The summed E-state index contributed by atoms with van der Waals surface area (Å²) in [6, 6.07) is 2.61. The first kappa shape index (κ1) is 17.7. The zero-order valence-electron chi connectivity index (χ0n) is 13.7. The molecule has 0 aromatic carbocycles. The predicted octanol–water partition coefficient (Wildman–Crippen LogP) is 0.197. The van der Waals surface area contributed by atoms with Crippen LogP contribution in [0.2, 0.25) is 0 Å². The van der Waals surface area contributed by atoms with Gasteiger partial charge in [0.15, 0.2) is 5.13 Å². The van der Waals surface area contributed by atoms with Crippen LogP contribution in [0.15, 0.2) is 16.9 Å². The molecule has 0 atom stereocenters. The summed E-state index contributed by atoms with van der Waals surface area (Å²) in [6.07, 6.45) is 0.513. The largest absolute Gasteiger partial charge is 0.296 e. The molecule has 0 bridgehead atoms. The molecule has 9 nitrogen and oxygen atoms in total. The fourth-order valence-corrected chi connectivity index (χ4v) is 4.59. The number of thiazole rings is 1. The monoisotopic (exact) mass is 383 g/mol. The third-order valence-corrected chi connectivity index (χ3v) is 6.69. The number of anilines is 1. The molecule has 0 fully saturated rings. The van der Waals surface area contributed by atoms with Crippen molar-refractivity contribution in [2.24, 2.45) is 7.05 Å². The van der Waals surface area contributed by atoms with Crippen LogP contribution in [0.5, 0.6) is 0 Å². The Bertz CT molecular complexity index is 979. The quantitative estimate of drug-likeness (QED) is 0.806. The van der Waals surface area contributed by atoms with Gasteiger partial charge in [-0.15, -0.1) is 11.3 Å². The Hall–Kier alpha value is -2.11. The standard InChI is InChI=1S/C14H17N5O4S2/c1-3-25(22,23)19-7-6-9-11(8-19)24-14(15-9)16-13(21)10-4-5-12(20)18(2)17-10/h4-5H,3,6-8H2,1-2H3,(H,15,16,21). The first-order valence-corrected chi connectivity index (χ1v) is 10.0. The Morgan fingerprint density at radius 3 is 2.84 bits per heavy atom. The van der Waals surface area contributed by atoms with Crippen molar-refractivity contribution in [2.75, 3.05) is 17.6 Å². The third kappa shape index (κ3) is 3.62. The van der Waals surface area contributed by atoms with Gasteiger partial charge < -0.3 is 0 Å². The van der Waals surface area contributed by atoms with Crippen molar-refractivity contribution in [1.29, 1.82) is 0 Å². The van der Waals surface area contributed by atoms with Gasteiger partial charge in [-0.2, -0.15) is 9.40 Å². The number of aryl methyl sites for hydroxylation is 1. The number of aromatic nitrogens is 3. The highest BCUT2D eigenvalue weighted by atomic mass is 32.2. The zero-order valence-corrected chi connectivity index (χ0v) is 15.4. The number of sulfonamides is 1. The summed E-state index contributed by atoms with van der Waals surface area (Å²) in [4.78, 5) is 28.8. The Balaban J connectivity index is 1.77. The lowest BCUT2D eigenvalue weighted by atomic mass is 10.2. The number of nitrogens with zero attached hydrogens (tertiary/aromatic N) is 4. The summed E-state index contributed by atoms with van der Waals surface area (Å²) >= 11 is 1.25. The van der Waals surface area contributed by atoms with E-state index in [1.54, 1.807) is 6.92 Å². The Kier molecular flexibility index (Phi) is 4.71. The number of hydrogen-bond donors (Lipinski definition) is 1. The van der Waals surface area contributed by atoms with E-state index in [1.165, 1.54) is 34.8 Å². The maximum absolute atomic E-state index is 12.2. The van der Waals surface area contributed by atoms with Gasteiger partial charge in [0.05, 0.1) is 11.4 Å². The van der Waals surface area contributed by atoms with Gasteiger partial charge in [-0.25, -0.2) is 18.1 Å². The summed E-state index contributed by atoms with van der Waals surface area (Å²) in [5.41, 5.74) is 0.597. The molecule has 0 radical (unpaired) electrons. The highest BCUT2D eigenvalue weighted by Gasteiger charge is 2.28. The topological polar surface area (TPSA) is 114 Å². The van der Waals surface area contributed by atoms with Crippen LogP contribution in [0.1, 0.15) is 28.0 Å². The Morgan fingerprint density at radius 2 is 2.16 bits per heavy atom. The molecule has 3 heterocycles. The van der Waals surface area contributed by atoms with Crippen molar-refractivity contribution >= 4 is 32.4 Å². The van der Waals surface area contributed by atoms with Crippen molar-refractivity contribution < 1.29 is 13.2 Å². The number of amides is 1. The molecule has 25 heavy (non-hydrogen) atoms. The molecule has 134 valence electrons. The predicted molar refractivity (Wildman–Crippen MR) is 93.1 cm³/mol. The smallest absolute Gasteiger partial charge is 0.277 e. The summed E-state index contributed by atoms with van der Waals surface area (Å²) < 4.78 is 26.5. The highest BCUT2D eigenvalue weighted by molar-refractivity contribution is 7.89. The molecule has 1 aliphatic rings. The summed E-state index contributed by atoms with van der Waals surface area (Å²) in [7, 11) is -1.78. The minimum Gasteiger partial charge on any atom is -0.296 e. The van der Waals surface area contributed by atoms with Crippen LogP contribution in [0, 0.1) is 0 Å². The maximum atomic E-state index is 12.2. The van der Waals surface area contributed by atoms with Gasteiger partial charge in [-0.3, -0.25) is 14.9 Å². The van der Waals surface area contributed by atoms with Gasteiger partial charge in [0, 0.05) is 37.5 Å². The number of hydrogen-bond acceptors (Lipinski definition) is 7. The number of carbonyl (C=O) groups excluding carboxylic acids is 1. The van der Waals surface area contributed by atoms with Crippen molar-refractivity contribution in [3.05, 3.63) is 38.8 Å². The summed E-state index contributed by atoms with van der Waals surface area (Å²) in [5, 5.41) is 6.93. The Morgan fingerprint density at radius 1 is 1.40 bits per heavy atom. The van der Waals surface area contributed by atoms with E-state index in [0.717, 1.165) is 15.3 Å². The molecule has 1 aliphatic heterocycles. The van der Waals surface area contributed by atoms with Gasteiger partial charge in [-0.05, 0) is 13.0 Å². The summed E-state index contributed by atoms with van der Waals surface area (Å²) in [5.74, 6) is -0.414. The van der Waals surface area contributed by atoms with Crippen LogP contribution in [0.4, 0.5) is 5.13 Å². The molecule has 0 saturated carbocycles. The highest BCUT2D eigenvalue weighted by Crippen LogP contribution is 2.29. The van der Waals surface area contributed by atoms with E-state index in [9.17, 15) is 18.0 Å². The van der Waals surface area contributed by atoms with E-state index in [4.69, 9.17) is 0 Å². The van der Waals surface area contributed by atoms with E-state index in [1.807, 2.05) is 0 Å². The minimum atomic E-state index is -3.25. The molecular formula is C14H17N5O4S2. The molecule has 2 aromatic rings. The second-order valence-electron chi connectivity index (χ2n) is 5.51. The van der Waals surface area contributed by atoms with E-state index < -0.39 is 15.9 Å². The first-order valence-electron chi connectivity index (χ1n) is 7.62.